The number of hydrogen-bond donors (Lipinski definition) is 0. The molecule has 0 aromatic heterocycles. The molecule has 154 valence electrons. The summed E-state index contributed by atoms with van der Waals surface area (Å²) < 4.78 is 6.10. The van der Waals surface area contributed by atoms with Crippen LogP contribution in [0.25, 0.3) is 0 Å². The Morgan fingerprint density at radius 2 is 1.53 bits per heavy atom. The molecule has 0 saturated carbocycles. The number of fused-ring (bicyclic) bond motifs is 1. The fraction of sp³-hybridized carbons (Fsp3) is 0.231. The van der Waals surface area contributed by atoms with Gasteiger partial charge in [0.2, 0.25) is 0 Å². The van der Waals surface area contributed by atoms with Crippen molar-refractivity contribution < 1.29 is 15.8 Å². The highest BCUT2D eigenvalue weighted by Gasteiger charge is 2.40. The van der Waals surface area contributed by atoms with Crippen LogP contribution < -0.4 is 4.74 Å². The Hall–Kier alpha value is -3.40. The van der Waals surface area contributed by atoms with E-state index >= 15 is 0 Å². The summed E-state index contributed by atoms with van der Waals surface area (Å²) >= 11 is 0. The van der Waals surface area contributed by atoms with Crippen molar-refractivity contribution in [3.05, 3.63) is 101 Å². The van der Waals surface area contributed by atoms with E-state index < -0.39 is 6.04 Å². The first-order valence-corrected chi connectivity index (χ1v) is 10.2. The second kappa shape index (κ2) is 8.15. The molecule has 4 nitrogen and oxygen atoms in total. The largest absolute Gasteiger partial charge is 0.491 e. The Labute approximate surface area is 178 Å². The number of aryl methyl sites for hydroxylation is 1. The van der Waals surface area contributed by atoms with Crippen molar-refractivity contribution in [1.82, 2.24) is 4.90 Å². The highest BCUT2D eigenvalue weighted by Crippen LogP contribution is 2.33. The number of nitrogens with zero attached hydrogens (tertiary/aromatic N) is 1. The number of rotatable bonds is 6. The molecule has 1 aliphatic heterocycles. The number of benzene rings is 3. The van der Waals surface area contributed by atoms with Crippen LogP contribution in [0.5, 0.6) is 5.75 Å². The molecule has 4 rings (SSSR count). The van der Waals surface area contributed by atoms with E-state index in [1.807, 2.05) is 61.5 Å². The normalized spacial score (nSPS) is 14.2. The van der Waals surface area contributed by atoms with Crippen molar-refractivity contribution in [2.24, 2.45) is 0 Å². The molecule has 1 unspecified atom stereocenters. The third kappa shape index (κ3) is 3.73. The third-order valence-electron chi connectivity index (χ3n) is 5.50. The number of carbonyl (C=O) groups is 2. The lowest BCUT2D eigenvalue weighted by atomic mass is 10.0. The Morgan fingerprint density at radius 1 is 0.833 bits per heavy atom. The van der Waals surface area contributed by atoms with Crippen molar-refractivity contribution >= 4 is 11.8 Å². The molecular formula is C26H27NO3. The van der Waals surface area contributed by atoms with E-state index in [4.69, 9.17) is 4.74 Å². The van der Waals surface area contributed by atoms with Crippen molar-refractivity contribution in [2.75, 3.05) is 6.61 Å². The summed E-state index contributed by atoms with van der Waals surface area (Å²) in [6.45, 7) is 6.37. The van der Waals surface area contributed by atoms with Gasteiger partial charge >= 0.3 is 0 Å². The fourth-order valence-corrected chi connectivity index (χ4v) is 3.79. The van der Waals surface area contributed by atoms with Gasteiger partial charge in [0.15, 0.2) is 0 Å². The zero-order chi connectivity index (χ0) is 21.3. The van der Waals surface area contributed by atoms with Gasteiger partial charge in [-0.05, 0) is 48.2 Å². The van der Waals surface area contributed by atoms with Gasteiger partial charge in [0, 0.05) is 1.43 Å². The Bertz CT molecular complexity index is 1090. The molecule has 1 heterocycles. The highest BCUT2D eigenvalue weighted by molar-refractivity contribution is 6.21. The number of hydrogen-bond acceptors (Lipinski definition) is 3. The minimum Gasteiger partial charge on any atom is -0.491 e. The molecule has 0 bridgehead atoms. The van der Waals surface area contributed by atoms with Gasteiger partial charge < -0.3 is 4.74 Å². The summed E-state index contributed by atoms with van der Waals surface area (Å²) in [5.41, 5.74) is 3.91. The zero-order valence-corrected chi connectivity index (χ0v) is 17.5. The molecule has 4 heteroatoms. The second-order valence-electron chi connectivity index (χ2n) is 7.99. The minimum absolute atomic E-state index is 0. The zero-order valence-electron chi connectivity index (χ0n) is 17.5. The summed E-state index contributed by atoms with van der Waals surface area (Å²) in [5, 5.41) is 0. The first-order valence-electron chi connectivity index (χ1n) is 10.2. The van der Waals surface area contributed by atoms with Gasteiger partial charge in [-0.3, -0.25) is 14.5 Å². The van der Waals surface area contributed by atoms with Crippen molar-refractivity contribution in [1.29, 1.82) is 0 Å². The molecule has 2 amide bonds. The maximum Gasteiger partial charge on any atom is 0.262 e. The lowest BCUT2D eigenvalue weighted by Crippen LogP contribution is -2.37. The topological polar surface area (TPSA) is 46.6 Å². The molecule has 1 aliphatic rings. The smallest absolute Gasteiger partial charge is 0.262 e. The number of ether oxygens (including phenoxy) is 1. The summed E-state index contributed by atoms with van der Waals surface area (Å²) in [6, 6.07) is 22.4. The van der Waals surface area contributed by atoms with E-state index in [1.54, 1.807) is 12.1 Å². The minimum atomic E-state index is -0.512. The predicted molar refractivity (Wildman–Crippen MR) is 119 cm³/mol. The Morgan fingerprint density at radius 3 is 2.27 bits per heavy atom. The molecule has 0 spiro atoms. The SMILES string of the molecule is Cc1ccc2c(c1)C(=O)N(C(COc1cccc(C(C)C)c1)c1ccccc1)C2=O.[HH]. The van der Waals surface area contributed by atoms with Gasteiger partial charge in [-0.15, -0.1) is 0 Å². The maximum absolute atomic E-state index is 13.2. The number of amides is 2. The molecule has 3 aromatic rings. The van der Waals surface area contributed by atoms with E-state index in [0.29, 0.717) is 17.0 Å². The Balaban J connectivity index is 0.00000272. The average Bonchev–Trinajstić information content (AvgIpc) is 2.99. The number of carbonyl (C=O) groups excluding carboxylic acids is 2. The van der Waals surface area contributed by atoms with Crippen LogP contribution in [0, 0.1) is 6.92 Å². The maximum atomic E-state index is 13.2. The molecule has 1 atom stereocenters. The van der Waals surface area contributed by atoms with Gasteiger partial charge in [0.05, 0.1) is 17.2 Å². The Kier molecular flexibility index (Phi) is 5.40. The van der Waals surface area contributed by atoms with E-state index in [-0.39, 0.29) is 19.8 Å². The van der Waals surface area contributed by atoms with E-state index in [1.165, 1.54) is 10.5 Å². The van der Waals surface area contributed by atoms with Crippen molar-refractivity contribution in [2.45, 2.75) is 32.7 Å². The molecule has 30 heavy (non-hydrogen) atoms. The van der Waals surface area contributed by atoms with Crippen LogP contribution in [-0.4, -0.2) is 23.3 Å². The lowest BCUT2D eigenvalue weighted by Gasteiger charge is -2.27. The van der Waals surface area contributed by atoms with Crippen molar-refractivity contribution in [3.8, 4) is 5.75 Å². The van der Waals surface area contributed by atoms with Crippen LogP contribution in [0.3, 0.4) is 0 Å². The summed E-state index contributed by atoms with van der Waals surface area (Å²) in [5.74, 6) is 0.572. The summed E-state index contributed by atoms with van der Waals surface area (Å²) in [4.78, 5) is 27.7. The standard InChI is InChI=1S/C26H25NO3.H2/c1-17(2)20-10-7-11-21(15-20)30-16-24(19-8-5-4-6-9-19)27-25(28)22-13-12-18(3)14-23(22)26(27)29;/h4-15,17,24H,16H2,1-3H3;1H. The molecular weight excluding hydrogens is 374 g/mol. The van der Waals surface area contributed by atoms with Crippen LogP contribution in [-0.2, 0) is 0 Å². The third-order valence-corrected chi connectivity index (χ3v) is 5.50. The predicted octanol–water partition coefficient (Wildman–Crippen LogP) is 5.78. The molecule has 0 aliphatic carbocycles. The van der Waals surface area contributed by atoms with Gasteiger partial charge in [0.25, 0.3) is 11.8 Å². The quantitative estimate of drug-likeness (QED) is 0.492. The monoisotopic (exact) mass is 401 g/mol. The van der Waals surface area contributed by atoms with Gasteiger partial charge in [-0.2, -0.15) is 0 Å². The second-order valence-corrected chi connectivity index (χ2v) is 7.99. The van der Waals surface area contributed by atoms with Gasteiger partial charge in [-0.25, -0.2) is 0 Å². The summed E-state index contributed by atoms with van der Waals surface area (Å²) in [6.07, 6.45) is 0. The van der Waals surface area contributed by atoms with Crippen LogP contribution in [0.1, 0.15) is 64.6 Å². The average molecular weight is 402 g/mol. The highest BCUT2D eigenvalue weighted by atomic mass is 16.5. The molecule has 3 aromatic carbocycles. The van der Waals surface area contributed by atoms with E-state index in [0.717, 1.165) is 16.9 Å². The lowest BCUT2D eigenvalue weighted by molar-refractivity contribution is 0.0529. The molecule has 0 N–H and O–H groups in total. The van der Waals surface area contributed by atoms with E-state index in [9.17, 15) is 9.59 Å². The van der Waals surface area contributed by atoms with Crippen LogP contribution in [0.15, 0.2) is 72.8 Å². The summed E-state index contributed by atoms with van der Waals surface area (Å²) in [7, 11) is 0. The van der Waals surface area contributed by atoms with E-state index in [2.05, 4.69) is 19.9 Å². The number of imide groups is 1. The van der Waals surface area contributed by atoms with Crippen molar-refractivity contribution in [3.63, 3.8) is 0 Å². The fourth-order valence-electron chi connectivity index (χ4n) is 3.79. The van der Waals surface area contributed by atoms with Gasteiger partial charge in [-0.1, -0.05) is 67.9 Å². The van der Waals surface area contributed by atoms with Crippen LogP contribution in [0.2, 0.25) is 0 Å². The molecule has 0 fully saturated rings. The first kappa shape index (κ1) is 19.9. The molecule has 0 radical (unpaired) electrons. The first-order chi connectivity index (χ1) is 14.5. The van der Waals surface area contributed by atoms with Gasteiger partial charge in [0.1, 0.15) is 12.4 Å². The van der Waals surface area contributed by atoms with Crippen LogP contribution in [0.4, 0.5) is 0 Å². The van der Waals surface area contributed by atoms with Crippen LogP contribution >= 0.6 is 0 Å². The molecule has 0 saturated heterocycles.